The Hall–Kier alpha value is -2.61. The van der Waals surface area contributed by atoms with Crippen molar-refractivity contribution in [3.05, 3.63) is 83.9 Å². The van der Waals surface area contributed by atoms with Gasteiger partial charge in [-0.1, -0.05) is 72.8 Å². The van der Waals surface area contributed by atoms with E-state index >= 15 is 0 Å². The van der Waals surface area contributed by atoms with Crippen LogP contribution in [0.25, 0.3) is 10.8 Å². The molecule has 110 valence electrons. The van der Waals surface area contributed by atoms with E-state index in [9.17, 15) is 4.79 Å². The molecule has 22 heavy (non-hydrogen) atoms. The van der Waals surface area contributed by atoms with Crippen molar-refractivity contribution in [2.75, 3.05) is 7.11 Å². The van der Waals surface area contributed by atoms with Crippen molar-refractivity contribution in [1.82, 2.24) is 0 Å². The molecule has 0 aliphatic rings. The summed E-state index contributed by atoms with van der Waals surface area (Å²) in [4.78, 5) is 12.2. The first-order chi connectivity index (χ1) is 10.8. The zero-order valence-corrected chi connectivity index (χ0v) is 12.5. The van der Waals surface area contributed by atoms with E-state index in [0.29, 0.717) is 6.42 Å². The fourth-order valence-corrected chi connectivity index (χ4v) is 2.77. The number of carbonyl (C=O) groups excluding carboxylic acids is 1. The van der Waals surface area contributed by atoms with E-state index in [1.807, 2.05) is 42.5 Å². The van der Waals surface area contributed by atoms with Gasteiger partial charge in [-0.15, -0.1) is 0 Å². The fraction of sp³-hybridized carbons (Fsp3) is 0.150. The molecule has 1 atom stereocenters. The highest BCUT2D eigenvalue weighted by Crippen LogP contribution is 2.24. The van der Waals surface area contributed by atoms with Gasteiger partial charge in [0.1, 0.15) is 0 Å². The second-order valence-corrected chi connectivity index (χ2v) is 5.37. The first-order valence-corrected chi connectivity index (χ1v) is 7.38. The van der Waals surface area contributed by atoms with Gasteiger partial charge in [-0.25, -0.2) is 0 Å². The molecule has 3 aromatic rings. The topological polar surface area (TPSA) is 26.3 Å². The van der Waals surface area contributed by atoms with Crippen LogP contribution < -0.4 is 0 Å². The summed E-state index contributed by atoms with van der Waals surface area (Å²) in [5.41, 5.74) is 2.13. The van der Waals surface area contributed by atoms with Crippen molar-refractivity contribution >= 4 is 16.7 Å². The van der Waals surface area contributed by atoms with Crippen LogP contribution in [0.15, 0.2) is 72.8 Å². The Kier molecular flexibility index (Phi) is 4.19. The second-order valence-electron chi connectivity index (χ2n) is 5.37. The lowest BCUT2D eigenvalue weighted by Gasteiger charge is -2.15. The van der Waals surface area contributed by atoms with Crippen molar-refractivity contribution in [2.24, 2.45) is 0 Å². The molecular formula is C20H18O2. The summed E-state index contributed by atoms with van der Waals surface area (Å²) in [6, 6.07) is 24.4. The molecule has 3 aromatic carbocycles. The summed E-state index contributed by atoms with van der Waals surface area (Å²) < 4.78 is 4.99. The monoisotopic (exact) mass is 290 g/mol. The van der Waals surface area contributed by atoms with Gasteiger partial charge in [0.05, 0.1) is 13.0 Å². The third-order valence-corrected chi connectivity index (χ3v) is 3.94. The lowest BCUT2D eigenvalue weighted by molar-refractivity contribution is -0.142. The Morgan fingerprint density at radius 2 is 1.59 bits per heavy atom. The second kappa shape index (κ2) is 6.44. The van der Waals surface area contributed by atoms with Crippen molar-refractivity contribution in [3.63, 3.8) is 0 Å². The Labute approximate surface area is 130 Å². The molecule has 0 saturated heterocycles. The molecule has 3 rings (SSSR count). The van der Waals surface area contributed by atoms with Crippen molar-refractivity contribution in [2.45, 2.75) is 12.3 Å². The molecule has 0 amide bonds. The molecule has 0 radical (unpaired) electrons. The SMILES string of the molecule is COC(=O)C(Cc1ccc2ccccc2c1)c1ccccc1. The summed E-state index contributed by atoms with van der Waals surface area (Å²) >= 11 is 0. The van der Waals surface area contributed by atoms with Gasteiger partial charge >= 0.3 is 5.97 Å². The van der Waals surface area contributed by atoms with Crippen molar-refractivity contribution in [1.29, 1.82) is 0 Å². The van der Waals surface area contributed by atoms with Gasteiger partial charge in [0.2, 0.25) is 0 Å². The van der Waals surface area contributed by atoms with Gasteiger partial charge in [-0.3, -0.25) is 4.79 Å². The van der Waals surface area contributed by atoms with E-state index in [2.05, 4.69) is 30.3 Å². The van der Waals surface area contributed by atoms with E-state index in [4.69, 9.17) is 4.74 Å². The molecule has 1 unspecified atom stereocenters. The zero-order chi connectivity index (χ0) is 15.4. The van der Waals surface area contributed by atoms with Crippen LogP contribution in [0.2, 0.25) is 0 Å². The van der Waals surface area contributed by atoms with Crippen LogP contribution >= 0.6 is 0 Å². The predicted octanol–water partition coefficient (Wildman–Crippen LogP) is 4.34. The molecule has 0 N–H and O–H groups in total. The number of hydrogen-bond donors (Lipinski definition) is 0. The van der Waals surface area contributed by atoms with Crippen LogP contribution in [0.5, 0.6) is 0 Å². The van der Waals surface area contributed by atoms with Gasteiger partial charge in [0, 0.05) is 0 Å². The number of hydrogen-bond acceptors (Lipinski definition) is 2. The molecular weight excluding hydrogens is 272 g/mol. The number of fused-ring (bicyclic) bond motifs is 1. The Morgan fingerprint density at radius 3 is 2.32 bits per heavy atom. The van der Waals surface area contributed by atoms with Gasteiger partial charge in [0.15, 0.2) is 0 Å². The molecule has 2 nitrogen and oxygen atoms in total. The Bertz CT molecular complexity index is 778. The van der Waals surface area contributed by atoms with Crippen molar-refractivity contribution < 1.29 is 9.53 Å². The fourth-order valence-electron chi connectivity index (χ4n) is 2.77. The van der Waals surface area contributed by atoms with E-state index in [1.54, 1.807) is 0 Å². The maximum absolute atomic E-state index is 12.2. The van der Waals surface area contributed by atoms with Crippen LogP contribution in [-0.4, -0.2) is 13.1 Å². The highest BCUT2D eigenvalue weighted by molar-refractivity contribution is 5.83. The average molecular weight is 290 g/mol. The summed E-state index contributed by atoms with van der Waals surface area (Å²) in [6.07, 6.45) is 0.640. The van der Waals surface area contributed by atoms with Crippen LogP contribution in [0.3, 0.4) is 0 Å². The molecule has 0 aromatic heterocycles. The third-order valence-electron chi connectivity index (χ3n) is 3.94. The highest BCUT2D eigenvalue weighted by atomic mass is 16.5. The summed E-state index contributed by atoms with van der Waals surface area (Å²) in [7, 11) is 1.44. The summed E-state index contributed by atoms with van der Waals surface area (Å²) in [5.74, 6) is -0.466. The molecule has 0 fully saturated rings. The van der Waals surface area contributed by atoms with E-state index in [0.717, 1.165) is 11.1 Å². The largest absolute Gasteiger partial charge is 0.469 e. The average Bonchev–Trinajstić information content (AvgIpc) is 2.59. The maximum Gasteiger partial charge on any atom is 0.313 e. The minimum atomic E-state index is -0.271. The quantitative estimate of drug-likeness (QED) is 0.668. The Morgan fingerprint density at radius 1 is 0.909 bits per heavy atom. The number of rotatable bonds is 4. The highest BCUT2D eigenvalue weighted by Gasteiger charge is 2.21. The molecule has 0 heterocycles. The summed E-state index contributed by atoms with van der Waals surface area (Å²) in [6.45, 7) is 0. The van der Waals surface area contributed by atoms with Crippen LogP contribution in [0.1, 0.15) is 17.0 Å². The lowest BCUT2D eigenvalue weighted by Crippen LogP contribution is -2.16. The number of methoxy groups -OCH3 is 1. The standard InChI is InChI=1S/C20H18O2/c1-22-20(21)19(17-8-3-2-4-9-17)14-15-11-12-16-7-5-6-10-18(16)13-15/h2-13,19H,14H2,1H3. The number of benzene rings is 3. The number of esters is 1. The smallest absolute Gasteiger partial charge is 0.313 e. The lowest BCUT2D eigenvalue weighted by atomic mass is 9.91. The molecule has 0 aliphatic carbocycles. The first-order valence-electron chi connectivity index (χ1n) is 7.38. The molecule has 0 aliphatic heterocycles. The van der Waals surface area contributed by atoms with Gasteiger partial charge in [-0.05, 0) is 28.3 Å². The Balaban J connectivity index is 1.93. The summed E-state index contributed by atoms with van der Waals surface area (Å²) in [5, 5.41) is 2.40. The van der Waals surface area contributed by atoms with Gasteiger partial charge in [-0.2, -0.15) is 0 Å². The third kappa shape index (κ3) is 3.01. The maximum atomic E-state index is 12.2. The van der Waals surface area contributed by atoms with Gasteiger partial charge < -0.3 is 4.74 Å². The van der Waals surface area contributed by atoms with Crippen LogP contribution in [-0.2, 0) is 16.0 Å². The van der Waals surface area contributed by atoms with E-state index in [-0.39, 0.29) is 11.9 Å². The minimum absolute atomic E-state index is 0.195. The van der Waals surface area contributed by atoms with Gasteiger partial charge in [0.25, 0.3) is 0 Å². The molecule has 0 bridgehead atoms. The minimum Gasteiger partial charge on any atom is -0.469 e. The molecule has 0 spiro atoms. The predicted molar refractivity (Wildman–Crippen MR) is 88.9 cm³/mol. The molecule has 2 heteroatoms. The molecule has 0 saturated carbocycles. The van der Waals surface area contributed by atoms with E-state index < -0.39 is 0 Å². The van der Waals surface area contributed by atoms with Crippen LogP contribution in [0.4, 0.5) is 0 Å². The normalized spacial score (nSPS) is 12.0. The number of ether oxygens (including phenoxy) is 1. The first kappa shape index (κ1) is 14.3. The zero-order valence-electron chi connectivity index (χ0n) is 12.5. The van der Waals surface area contributed by atoms with Crippen LogP contribution in [0, 0.1) is 0 Å². The number of carbonyl (C=O) groups is 1. The van der Waals surface area contributed by atoms with E-state index in [1.165, 1.54) is 17.9 Å². The van der Waals surface area contributed by atoms with Crippen molar-refractivity contribution in [3.8, 4) is 0 Å².